The molecule has 100 valence electrons. The molecule has 0 saturated carbocycles. The molecule has 1 N–H and O–H groups in total. The molecule has 2 rings (SSSR count). The first-order chi connectivity index (χ1) is 9.10. The predicted molar refractivity (Wildman–Crippen MR) is 78.2 cm³/mol. The Balaban J connectivity index is 2.15. The zero-order valence-electron chi connectivity index (χ0n) is 11.9. The third-order valence-electron chi connectivity index (χ3n) is 3.49. The van der Waals surface area contributed by atoms with Gasteiger partial charge in [0.25, 0.3) is 0 Å². The molecule has 2 aromatic rings. The molecule has 0 radical (unpaired) electrons. The van der Waals surface area contributed by atoms with Crippen LogP contribution in [0.5, 0.6) is 0 Å². The summed E-state index contributed by atoms with van der Waals surface area (Å²) in [6, 6.07) is 10.3. The van der Waals surface area contributed by atoms with Crippen molar-refractivity contribution in [3.63, 3.8) is 0 Å². The first-order valence-corrected chi connectivity index (χ1v) is 6.79. The SMILES string of the molecule is CCc1ccc(CC(O)c2cc(C)ccc2C)nc1. The maximum atomic E-state index is 10.4. The largest absolute Gasteiger partial charge is 0.388 e. The molecule has 19 heavy (non-hydrogen) atoms. The zero-order valence-corrected chi connectivity index (χ0v) is 11.9. The number of aryl methyl sites for hydroxylation is 3. The second-order valence-corrected chi connectivity index (χ2v) is 5.09. The molecule has 1 aromatic heterocycles. The summed E-state index contributed by atoms with van der Waals surface area (Å²) in [5, 5.41) is 10.4. The van der Waals surface area contributed by atoms with E-state index in [9.17, 15) is 5.11 Å². The molecule has 1 heterocycles. The maximum Gasteiger partial charge on any atom is 0.0848 e. The number of rotatable bonds is 4. The molecular formula is C17H21NO. The number of hydrogen-bond donors (Lipinski definition) is 1. The van der Waals surface area contributed by atoms with Crippen molar-refractivity contribution in [1.82, 2.24) is 4.98 Å². The van der Waals surface area contributed by atoms with Crippen molar-refractivity contribution in [2.45, 2.75) is 39.7 Å². The number of aliphatic hydroxyl groups excluding tert-OH is 1. The minimum absolute atomic E-state index is 0.486. The van der Waals surface area contributed by atoms with Gasteiger partial charge in [-0.15, -0.1) is 0 Å². The van der Waals surface area contributed by atoms with E-state index in [1.807, 2.05) is 26.1 Å². The summed E-state index contributed by atoms with van der Waals surface area (Å²) in [6.45, 7) is 6.19. The van der Waals surface area contributed by atoms with Crippen LogP contribution in [0.25, 0.3) is 0 Å². The number of aliphatic hydroxyl groups is 1. The lowest BCUT2D eigenvalue weighted by molar-refractivity contribution is 0.176. The van der Waals surface area contributed by atoms with Crippen LogP contribution in [-0.2, 0) is 12.8 Å². The highest BCUT2D eigenvalue weighted by atomic mass is 16.3. The van der Waals surface area contributed by atoms with Gasteiger partial charge in [-0.2, -0.15) is 0 Å². The van der Waals surface area contributed by atoms with Gasteiger partial charge in [0.1, 0.15) is 0 Å². The molecule has 0 fully saturated rings. The van der Waals surface area contributed by atoms with E-state index >= 15 is 0 Å². The number of benzene rings is 1. The Hall–Kier alpha value is -1.67. The summed E-state index contributed by atoms with van der Waals surface area (Å²) in [5.41, 5.74) is 5.47. The Morgan fingerprint density at radius 3 is 2.58 bits per heavy atom. The summed E-state index contributed by atoms with van der Waals surface area (Å²) in [7, 11) is 0. The van der Waals surface area contributed by atoms with E-state index in [1.54, 1.807) is 0 Å². The zero-order chi connectivity index (χ0) is 13.8. The summed E-state index contributed by atoms with van der Waals surface area (Å²) in [6.07, 6.45) is 2.96. The van der Waals surface area contributed by atoms with Gasteiger partial charge in [0, 0.05) is 18.3 Å². The second-order valence-electron chi connectivity index (χ2n) is 5.09. The minimum Gasteiger partial charge on any atom is -0.388 e. The van der Waals surface area contributed by atoms with E-state index in [0.29, 0.717) is 6.42 Å². The first kappa shape index (κ1) is 13.8. The molecule has 0 aliphatic rings. The Bertz CT molecular complexity index is 546. The van der Waals surface area contributed by atoms with Crippen molar-refractivity contribution in [1.29, 1.82) is 0 Å². The maximum absolute atomic E-state index is 10.4. The van der Waals surface area contributed by atoms with Gasteiger partial charge in [-0.1, -0.05) is 36.8 Å². The number of hydrogen-bond acceptors (Lipinski definition) is 2. The highest BCUT2D eigenvalue weighted by Crippen LogP contribution is 2.22. The van der Waals surface area contributed by atoms with E-state index in [4.69, 9.17) is 0 Å². The normalized spacial score (nSPS) is 12.4. The van der Waals surface area contributed by atoms with Gasteiger partial charge in [0.2, 0.25) is 0 Å². The number of nitrogens with zero attached hydrogens (tertiary/aromatic N) is 1. The average molecular weight is 255 g/mol. The van der Waals surface area contributed by atoms with Crippen molar-refractivity contribution in [3.05, 3.63) is 64.5 Å². The van der Waals surface area contributed by atoms with E-state index in [1.165, 1.54) is 11.1 Å². The molecular weight excluding hydrogens is 234 g/mol. The molecule has 0 aliphatic carbocycles. The fourth-order valence-electron chi connectivity index (χ4n) is 2.21. The Kier molecular flexibility index (Phi) is 4.33. The Morgan fingerprint density at radius 2 is 1.95 bits per heavy atom. The van der Waals surface area contributed by atoms with Crippen LogP contribution in [0.1, 0.15) is 41.0 Å². The molecule has 1 unspecified atom stereocenters. The molecule has 0 saturated heterocycles. The fraction of sp³-hybridized carbons (Fsp3) is 0.353. The summed E-state index contributed by atoms with van der Waals surface area (Å²) < 4.78 is 0. The van der Waals surface area contributed by atoms with Crippen molar-refractivity contribution >= 4 is 0 Å². The molecule has 2 nitrogen and oxygen atoms in total. The lowest BCUT2D eigenvalue weighted by Crippen LogP contribution is -2.05. The van der Waals surface area contributed by atoms with Crippen molar-refractivity contribution in [2.75, 3.05) is 0 Å². The second kappa shape index (κ2) is 5.98. The van der Waals surface area contributed by atoms with Gasteiger partial charge >= 0.3 is 0 Å². The highest BCUT2D eigenvalue weighted by molar-refractivity contribution is 5.32. The van der Waals surface area contributed by atoms with Crippen LogP contribution in [0.3, 0.4) is 0 Å². The molecule has 0 bridgehead atoms. The van der Waals surface area contributed by atoms with Crippen molar-refractivity contribution in [2.24, 2.45) is 0 Å². The van der Waals surface area contributed by atoms with Crippen LogP contribution in [-0.4, -0.2) is 10.1 Å². The highest BCUT2D eigenvalue weighted by Gasteiger charge is 2.12. The molecule has 1 atom stereocenters. The van der Waals surface area contributed by atoms with Gasteiger partial charge < -0.3 is 5.11 Å². The number of aromatic nitrogens is 1. The third-order valence-corrected chi connectivity index (χ3v) is 3.49. The molecule has 1 aromatic carbocycles. The van der Waals surface area contributed by atoms with E-state index in [2.05, 4.69) is 36.2 Å². The summed E-state index contributed by atoms with van der Waals surface area (Å²) in [4.78, 5) is 4.41. The lowest BCUT2D eigenvalue weighted by Gasteiger charge is -2.14. The van der Waals surface area contributed by atoms with Crippen LogP contribution >= 0.6 is 0 Å². The third kappa shape index (κ3) is 3.42. The van der Waals surface area contributed by atoms with E-state index in [0.717, 1.165) is 23.2 Å². The van der Waals surface area contributed by atoms with Crippen LogP contribution in [0.2, 0.25) is 0 Å². The molecule has 0 spiro atoms. The van der Waals surface area contributed by atoms with Crippen molar-refractivity contribution < 1.29 is 5.11 Å². The monoisotopic (exact) mass is 255 g/mol. The smallest absolute Gasteiger partial charge is 0.0848 e. The summed E-state index contributed by atoms with van der Waals surface area (Å²) >= 11 is 0. The predicted octanol–water partition coefficient (Wildman–Crippen LogP) is 3.54. The Morgan fingerprint density at radius 1 is 1.16 bits per heavy atom. The van der Waals surface area contributed by atoms with Gasteiger partial charge in [0.05, 0.1) is 6.10 Å². The van der Waals surface area contributed by atoms with Crippen LogP contribution in [0, 0.1) is 13.8 Å². The van der Waals surface area contributed by atoms with Crippen LogP contribution in [0.4, 0.5) is 0 Å². The van der Waals surface area contributed by atoms with Gasteiger partial charge in [-0.25, -0.2) is 0 Å². The minimum atomic E-state index is -0.486. The summed E-state index contributed by atoms with van der Waals surface area (Å²) in [5.74, 6) is 0. The quantitative estimate of drug-likeness (QED) is 0.906. The van der Waals surface area contributed by atoms with Gasteiger partial charge in [-0.05, 0) is 43.0 Å². The van der Waals surface area contributed by atoms with Crippen LogP contribution < -0.4 is 0 Å². The molecule has 0 aliphatic heterocycles. The van der Waals surface area contributed by atoms with E-state index < -0.39 is 6.10 Å². The lowest BCUT2D eigenvalue weighted by atomic mass is 9.97. The average Bonchev–Trinajstić information content (AvgIpc) is 2.42. The standard InChI is InChI=1S/C17H21NO/c1-4-14-7-8-15(18-11-14)10-17(19)16-9-12(2)5-6-13(16)3/h5-9,11,17,19H,4,10H2,1-3H3. The fourth-order valence-corrected chi connectivity index (χ4v) is 2.21. The molecule has 2 heteroatoms. The van der Waals surface area contributed by atoms with Crippen LogP contribution in [0.15, 0.2) is 36.5 Å². The number of pyridine rings is 1. The van der Waals surface area contributed by atoms with Gasteiger partial charge in [0.15, 0.2) is 0 Å². The molecule has 0 amide bonds. The Labute approximate surface area is 115 Å². The first-order valence-electron chi connectivity index (χ1n) is 6.79. The van der Waals surface area contributed by atoms with Gasteiger partial charge in [-0.3, -0.25) is 4.98 Å². The topological polar surface area (TPSA) is 33.1 Å². The van der Waals surface area contributed by atoms with Crippen molar-refractivity contribution in [3.8, 4) is 0 Å². The van der Waals surface area contributed by atoms with E-state index in [-0.39, 0.29) is 0 Å².